The molecule has 1 N–H and O–H groups in total. The lowest BCUT2D eigenvalue weighted by Gasteiger charge is -2.17. The summed E-state index contributed by atoms with van der Waals surface area (Å²) in [6.07, 6.45) is 3.10. The number of amides is 5. The highest BCUT2D eigenvalue weighted by Crippen LogP contribution is 2.16. The van der Waals surface area contributed by atoms with Crippen molar-refractivity contribution in [1.82, 2.24) is 15.1 Å². The van der Waals surface area contributed by atoms with Gasteiger partial charge in [0.05, 0.1) is 12.8 Å². The molecule has 1 aliphatic rings. The number of carbonyl (C=O) groups is 4. The second-order valence-corrected chi connectivity index (χ2v) is 5.40. The largest absolute Gasteiger partial charge is 0.467 e. The first kappa shape index (κ1) is 16.7. The van der Waals surface area contributed by atoms with Crippen molar-refractivity contribution < 1.29 is 23.6 Å². The Balaban J connectivity index is 2.00. The van der Waals surface area contributed by atoms with Gasteiger partial charge < -0.3 is 9.73 Å². The molecule has 8 nitrogen and oxygen atoms in total. The molecule has 0 radical (unpaired) electrons. The minimum Gasteiger partial charge on any atom is -0.467 e. The standard InChI is InChI=1S/C15H19N3O5/c1-3-5-10(2)16-12(19)9-18-14(21)13(20)17(15(18)22)8-11-6-4-7-23-11/h4,6-7,10H,3,5,8-9H2,1-2H3,(H,16,19)/t10-/m0/s1. The van der Waals surface area contributed by atoms with E-state index in [-0.39, 0.29) is 12.6 Å². The molecule has 1 fully saturated rings. The summed E-state index contributed by atoms with van der Waals surface area (Å²) in [5.74, 6) is -2.05. The first-order valence-corrected chi connectivity index (χ1v) is 7.43. The molecular weight excluding hydrogens is 302 g/mol. The molecule has 2 heterocycles. The summed E-state index contributed by atoms with van der Waals surface area (Å²) in [6, 6.07) is 2.33. The highest BCUT2D eigenvalue weighted by Gasteiger charge is 2.45. The van der Waals surface area contributed by atoms with Gasteiger partial charge in [0.1, 0.15) is 12.3 Å². The zero-order valence-corrected chi connectivity index (χ0v) is 13.1. The van der Waals surface area contributed by atoms with Gasteiger partial charge in [-0.3, -0.25) is 14.4 Å². The molecule has 1 aromatic heterocycles. The maximum Gasteiger partial charge on any atom is 0.335 e. The van der Waals surface area contributed by atoms with E-state index in [4.69, 9.17) is 4.42 Å². The van der Waals surface area contributed by atoms with E-state index in [1.165, 1.54) is 6.26 Å². The van der Waals surface area contributed by atoms with Crippen molar-refractivity contribution in [3.05, 3.63) is 24.2 Å². The lowest BCUT2D eigenvalue weighted by Crippen LogP contribution is -2.43. The van der Waals surface area contributed by atoms with E-state index in [1.807, 2.05) is 13.8 Å². The number of imide groups is 2. The fourth-order valence-corrected chi connectivity index (χ4v) is 2.36. The quantitative estimate of drug-likeness (QED) is 0.593. The molecule has 2 rings (SSSR count). The average molecular weight is 321 g/mol. The van der Waals surface area contributed by atoms with Crippen LogP contribution in [0.15, 0.2) is 22.8 Å². The maximum atomic E-state index is 12.2. The molecule has 1 aromatic rings. The molecule has 0 unspecified atom stereocenters. The van der Waals surface area contributed by atoms with Gasteiger partial charge >= 0.3 is 17.8 Å². The van der Waals surface area contributed by atoms with Gasteiger partial charge in [-0.05, 0) is 25.5 Å². The lowest BCUT2D eigenvalue weighted by atomic mass is 10.2. The fraction of sp³-hybridized carbons (Fsp3) is 0.467. The summed E-state index contributed by atoms with van der Waals surface area (Å²) in [6.45, 7) is 3.22. The van der Waals surface area contributed by atoms with Gasteiger partial charge in [0, 0.05) is 6.04 Å². The van der Waals surface area contributed by atoms with E-state index in [9.17, 15) is 19.2 Å². The molecule has 1 aliphatic heterocycles. The average Bonchev–Trinajstić information content (AvgIpc) is 3.07. The van der Waals surface area contributed by atoms with Gasteiger partial charge in [0.15, 0.2) is 0 Å². The summed E-state index contributed by atoms with van der Waals surface area (Å²) in [4.78, 5) is 49.3. The molecule has 0 aliphatic carbocycles. The molecule has 0 saturated carbocycles. The molecule has 5 amide bonds. The molecule has 1 saturated heterocycles. The third kappa shape index (κ3) is 3.77. The van der Waals surface area contributed by atoms with Gasteiger partial charge in [-0.1, -0.05) is 13.3 Å². The zero-order chi connectivity index (χ0) is 17.0. The number of rotatable bonds is 7. The van der Waals surface area contributed by atoms with Crippen molar-refractivity contribution in [3.8, 4) is 0 Å². The predicted molar refractivity (Wildman–Crippen MR) is 78.9 cm³/mol. The number of nitrogens with one attached hydrogen (secondary N) is 1. The number of hydrogen-bond acceptors (Lipinski definition) is 5. The van der Waals surface area contributed by atoms with E-state index < -0.39 is 30.3 Å². The molecule has 0 bridgehead atoms. The maximum absolute atomic E-state index is 12.2. The van der Waals surface area contributed by atoms with Gasteiger partial charge in [-0.25, -0.2) is 14.6 Å². The Hall–Kier alpha value is -2.64. The highest BCUT2D eigenvalue weighted by molar-refractivity contribution is 6.44. The SMILES string of the molecule is CCC[C@H](C)NC(=O)CN1C(=O)C(=O)N(Cc2ccco2)C1=O. The summed E-state index contributed by atoms with van der Waals surface area (Å²) in [5, 5.41) is 2.69. The van der Waals surface area contributed by atoms with Gasteiger partial charge in [0.2, 0.25) is 5.91 Å². The van der Waals surface area contributed by atoms with Crippen LogP contribution in [-0.2, 0) is 20.9 Å². The predicted octanol–water partition coefficient (Wildman–Crippen LogP) is 0.875. The first-order chi connectivity index (χ1) is 10.9. The van der Waals surface area contributed by atoms with Crippen molar-refractivity contribution in [2.45, 2.75) is 39.3 Å². The van der Waals surface area contributed by atoms with Crippen LogP contribution in [0.25, 0.3) is 0 Å². The van der Waals surface area contributed by atoms with Crippen molar-refractivity contribution in [3.63, 3.8) is 0 Å². The summed E-state index contributed by atoms with van der Waals surface area (Å²) in [5.41, 5.74) is 0. The molecular formula is C15H19N3O5. The minimum absolute atomic E-state index is 0.0600. The van der Waals surface area contributed by atoms with Crippen LogP contribution < -0.4 is 5.32 Å². The summed E-state index contributed by atoms with van der Waals surface area (Å²) < 4.78 is 5.07. The minimum atomic E-state index is -1.00. The molecule has 0 aromatic carbocycles. The Morgan fingerprint density at radius 2 is 1.96 bits per heavy atom. The van der Waals surface area contributed by atoms with Crippen LogP contribution >= 0.6 is 0 Å². The van der Waals surface area contributed by atoms with Crippen LogP contribution in [0.3, 0.4) is 0 Å². The Kier molecular flexibility index (Phi) is 5.15. The second-order valence-electron chi connectivity index (χ2n) is 5.40. The van der Waals surface area contributed by atoms with Crippen LogP contribution in [0.5, 0.6) is 0 Å². The Morgan fingerprint density at radius 1 is 1.26 bits per heavy atom. The lowest BCUT2D eigenvalue weighted by molar-refractivity contribution is -0.144. The normalized spacial score (nSPS) is 16.2. The van der Waals surface area contributed by atoms with Crippen LogP contribution in [-0.4, -0.2) is 46.1 Å². The van der Waals surface area contributed by atoms with E-state index in [0.29, 0.717) is 10.7 Å². The van der Waals surface area contributed by atoms with Crippen LogP contribution in [0.2, 0.25) is 0 Å². The Bertz CT molecular complexity index is 611. The first-order valence-electron chi connectivity index (χ1n) is 7.43. The highest BCUT2D eigenvalue weighted by atomic mass is 16.3. The van der Waals surface area contributed by atoms with Crippen molar-refractivity contribution >= 4 is 23.8 Å². The summed E-state index contributed by atoms with van der Waals surface area (Å²) >= 11 is 0. The van der Waals surface area contributed by atoms with Crippen molar-refractivity contribution in [2.75, 3.05) is 6.54 Å². The van der Waals surface area contributed by atoms with E-state index in [1.54, 1.807) is 12.1 Å². The topological polar surface area (TPSA) is 99.9 Å². The Morgan fingerprint density at radius 3 is 2.57 bits per heavy atom. The molecule has 23 heavy (non-hydrogen) atoms. The molecule has 124 valence electrons. The molecule has 0 spiro atoms. The molecule has 8 heteroatoms. The number of carbonyl (C=O) groups excluding carboxylic acids is 4. The fourth-order valence-electron chi connectivity index (χ4n) is 2.36. The van der Waals surface area contributed by atoms with Crippen LogP contribution in [0.4, 0.5) is 4.79 Å². The third-order valence-electron chi connectivity index (χ3n) is 3.46. The summed E-state index contributed by atoms with van der Waals surface area (Å²) in [7, 11) is 0. The Labute approximate surface area is 133 Å². The number of nitrogens with zero attached hydrogens (tertiary/aromatic N) is 2. The van der Waals surface area contributed by atoms with Crippen LogP contribution in [0.1, 0.15) is 32.4 Å². The zero-order valence-electron chi connectivity index (χ0n) is 13.1. The third-order valence-corrected chi connectivity index (χ3v) is 3.46. The molecule has 1 atom stereocenters. The van der Waals surface area contributed by atoms with Crippen LogP contribution in [0, 0.1) is 0 Å². The number of furan rings is 1. The second kappa shape index (κ2) is 7.08. The van der Waals surface area contributed by atoms with Crippen molar-refractivity contribution in [2.24, 2.45) is 0 Å². The smallest absolute Gasteiger partial charge is 0.335 e. The monoisotopic (exact) mass is 321 g/mol. The van der Waals surface area contributed by atoms with E-state index in [0.717, 1.165) is 17.7 Å². The van der Waals surface area contributed by atoms with E-state index >= 15 is 0 Å². The number of urea groups is 1. The van der Waals surface area contributed by atoms with Crippen molar-refractivity contribution in [1.29, 1.82) is 0 Å². The van der Waals surface area contributed by atoms with E-state index in [2.05, 4.69) is 5.32 Å². The van der Waals surface area contributed by atoms with Gasteiger partial charge in [-0.2, -0.15) is 0 Å². The number of hydrogen-bond donors (Lipinski definition) is 1. The van der Waals surface area contributed by atoms with Gasteiger partial charge in [0.25, 0.3) is 0 Å². The van der Waals surface area contributed by atoms with Gasteiger partial charge in [-0.15, -0.1) is 0 Å².